The SMILES string of the molecule is CC1(CNC(=O)NC2(CC(=O)O)CCCCC2)CC1. The minimum atomic E-state index is -0.837. The lowest BCUT2D eigenvalue weighted by Gasteiger charge is -2.37. The van der Waals surface area contributed by atoms with E-state index in [0.29, 0.717) is 6.54 Å². The predicted octanol–water partition coefficient (Wildman–Crippen LogP) is 2.26. The van der Waals surface area contributed by atoms with Crippen LogP contribution < -0.4 is 10.6 Å². The summed E-state index contributed by atoms with van der Waals surface area (Å²) in [6, 6.07) is -0.212. The highest BCUT2D eigenvalue weighted by atomic mass is 16.4. The van der Waals surface area contributed by atoms with E-state index in [1.807, 2.05) is 0 Å². The van der Waals surface area contributed by atoms with Crippen molar-refractivity contribution in [2.24, 2.45) is 5.41 Å². The zero-order valence-electron chi connectivity index (χ0n) is 11.6. The minimum absolute atomic E-state index is 0.0255. The van der Waals surface area contributed by atoms with Crippen LogP contribution in [-0.2, 0) is 4.79 Å². The molecule has 2 aliphatic rings. The van der Waals surface area contributed by atoms with Crippen molar-refractivity contribution in [2.45, 2.75) is 63.8 Å². The van der Waals surface area contributed by atoms with Gasteiger partial charge in [-0.05, 0) is 31.1 Å². The van der Waals surface area contributed by atoms with Gasteiger partial charge in [-0.1, -0.05) is 26.2 Å². The number of aliphatic carboxylic acids is 1. The molecule has 0 bridgehead atoms. The maximum atomic E-state index is 12.0. The lowest BCUT2D eigenvalue weighted by atomic mass is 9.79. The first-order chi connectivity index (χ1) is 8.93. The van der Waals surface area contributed by atoms with Gasteiger partial charge < -0.3 is 15.7 Å². The van der Waals surface area contributed by atoms with Crippen molar-refractivity contribution in [3.05, 3.63) is 0 Å². The van der Waals surface area contributed by atoms with Crippen molar-refractivity contribution >= 4 is 12.0 Å². The molecule has 0 aromatic carbocycles. The van der Waals surface area contributed by atoms with Gasteiger partial charge in [0, 0.05) is 6.54 Å². The molecule has 3 N–H and O–H groups in total. The van der Waals surface area contributed by atoms with Crippen LogP contribution in [0.5, 0.6) is 0 Å². The first-order valence-electron chi connectivity index (χ1n) is 7.21. The van der Waals surface area contributed by atoms with Gasteiger partial charge in [-0.25, -0.2) is 4.79 Å². The summed E-state index contributed by atoms with van der Waals surface area (Å²) in [6.07, 6.45) is 6.99. The molecule has 0 heterocycles. The maximum absolute atomic E-state index is 12.0. The van der Waals surface area contributed by atoms with Crippen LogP contribution in [0.4, 0.5) is 4.79 Å². The number of amides is 2. The van der Waals surface area contributed by atoms with Gasteiger partial charge in [-0.2, -0.15) is 0 Å². The van der Waals surface area contributed by atoms with E-state index in [4.69, 9.17) is 5.11 Å². The number of urea groups is 1. The number of carboxylic acid groups (broad SMARTS) is 1. The van der Waals surface area contributed by atoms with Crippen molar-refractivity contribution in [1.82, 2.24) is 10.6 Å². The van der Waals surface area contributed by atoms with E-state index in [1.165, 1.54) is 0 Å². The lowest BCUT2D eigenvalue weighted by molar-refractivity contribution is -0.139. The average Bonchev–Trinajstić information content (AvgIpc) is 3.05. The van der Waals surface area contributed by atoms with Crippen LogP contribution >= 0.6 is 0 Å². The Labute approximate surface area is 114 Å². The zero-order chi connectivity index (χ0) is 13.9. The third-order valence-electron chi connectivity index (χ3n) is 4.46. The quantitative estimate of drug-likeness (QED) is 0.715. The normalized spacial score (nSPS) is 23.4. The van der Waals surface area contributed by atoms with Gasteiger partial charge in [-0.3, -0.25) is 4.79 Å². The molecule has 0 spiro atoms. The Bertz CT molecular complexity index is 358. The molecule has 2 fully saturated rings. The second-order valence-corrected chi connectivity index (χ2v) is 6.53. The van der Waals surface area contributed by atoms with Crippen LogP contribution in [0.1, 0.15) is 58.3 Å². The van der Waals surface area contributed by atoms with E-state index in [1.54, 1.807) is 0 Å². The molecular formula is C14H24N2O3. The molecule has 0 aliphatic heterocycles. The van der Waals surface area contributed by atoms with Gasteiger partial charge in [0.2, 0.25) is 0 Å². The lowest BCUT2D eigenvalue weighted by Crippen LogP contribution is -2.54. The van der Waals surface area contributed by atoms with Gasteiger partial charge in [0.1, 0.15) is 0 Å². The smallest absolute Gasteiger partial charge is 0.315 e. The summed E-state index contributed by atoms with van der Waals surface area (Å²) in [5.74, 6) is -0.837. The summed E-state index contributed by atoms with van der Waals surface area (Å²) < 4.78 is 0. The highest BCUT2D eigenvalue weighted by Crippen LogP contribution is 2.44. The molecule has 5 nitrogen and oxygen atoms in total. The summed E-state index contributed by atoms with van der Waals surface area (Å²) in [6.45, 7) is 2.84. The van der Waals surface area contributed by atoms with E-state index in [9.17, 15) is 9.59 Å². The number of nitrogens with one attached hydrogen (secondary N) is 2. The number of carboxylic acids is 1. The van der Waals surface area contributed by atoms with Crippen LogP contribution in [0.15, 0.2) is 0 Å². The van der Waals surface area contributed by atoms with Crippen molar-refractivity contribution < 1.29 is 14.7 Å². The largest absolute Gasteiger partial charge is 0.481 e. The van der Waals surface area contributed by atoms with Crippen molar-refractivity contribution in [3.8, 4) is 0 Å². The molecule has 2 saturated carbocycles. The van der Waals surface area contributed by atoms with E-state index in [0.717, 1.165) is 44.9 Å². The second-order valence-electron chi connectivity index (χ2n) is 6.53. The topological polar surface area (TPSA) is 78.4 Å². The summed E-state index contributed by atoms with van der Waals surface area (Å²) in [4.78, 5) is 23.0. The van der Waals surface area contributed by atoms with Gasteiger partial charge in [0.05, 0.1) is 12.0 Å². The molecule has 0 aromatic heterocycles. The molecule has 0 radical (unpaired) electrons. The first-order valence-corrected chi connectivity index (χ1v) is 7.21. The Morgan fingerprint density at radius 1 is 1.11 bits per heavy atom. The van der Waals surface area contributed by atoms with Gasteiger partial charge in [0.25, 0.3) is 0 Å². The third-order valence-corrected chi connectivity index (χ3v) is 4.46. The fourth-order valence-electron chi connectivity index (χ4n) is 2.83. The summed E-state index contributed by atoms with van der Waals surface area (Å²) in [5.41, 5.74) is -0.275. The minimum Gasteiger partial charge on any atom is -0.481 e. The van der Waals surface area contributed by atoms with Gasteiger partial charge in [-0.15, -0.1) is 0 Å². The van der Waals surface area contributed by atoms with Crippen LogP contribution in [0.25, 0.3) is 0 Å². The second kappa shape index (κ2) is 5.39. The molecule has 19 heavy (non-hydrogen) atoms. The van der Waals surface area contributed by atoms with Crippen LogP contribution in [0, 0.1) is 5.41 Å². The molecular weight excluding hydrogens is 244 g/mol. The van der Waals surface area contributed by atoms with E-state index in [2.05, 4.69) is 17.6 Å². The number of hydrogen-bond donors (Lipinski definition) is 3. The molecule has 0 aromatic rings. The highest BCUT2D eigenvalue weighted by Gasteiger charge is 2.39. The molecule has 5 heteroatoms. The van der Waals surface area contributed by atoms with E-state index < -0.39 is 11.5 Å². The predicted molar refractivity (Wildman–Crippen MR) is 71.9 cm³/mol. The van der Waals surface area contributed by atoms with E-state index in [-0.39, 0.29) is 17.9 Å². The van der Waals surface area contributed by atoms with Crippen molar-refractivity contribution in [1.29, 1.82) is 0 Å². The molecule has 0 atom stereocenters. The molecule has 0 unspecified atom stereocenters. The summed E-state index contributed by atoms with van der Waals surface area (Å²) in [7, 11) is 0. The monoisotopic (exact) mass is 268 g/mol. The van der Waals surface area contributed by atoms with E-state index >= 15 is 0 Å². The van der Waals surface area contributed by atoms with Crippen LogP contribution in [0.2, 0.25) is 0 Å². The summed E-state index contributed by atoms with van der Waals surface area (Å²) >= 11 is 0. The Balaban J connectivity index is 1.87. The fraction of sp³-hybridized carbons (Fsp3) is 0.857. The number of rotatable bonds is 5. The Morgan fingerprint density at radius 3 is 2.26 bits per heavy atom. The average molecular weight is 268 g/mol. The Hall–Kier alpha value is -1.26. The number of carbonyl (C=O) groups excluding carboxylic acids is 1. The Kier molecular flexibility index (Phi) is 4.02. The van der Waals surface area contributed by atoms with Gasteiger partial charge >= 0.3 is 12.0 Å². The van der Waals surface area contributed by atoms with Crippen LogP contribution in [0.3, 0.4) is 0 Å². The Morgan fingerprint density at radius 2 is 1.74 bits per heavy atom. The zero-order valence-corrected chi connectivity index (χ0v) is 11.6. The molecule has 108 valence electrons. The fourth-order valence-corrected chi connectivity index (χ4v) is 2.83. The third kappa shape index (κ3) is 4.11. The molecule has 2 rings (SSSR count). The van der Waals surface area contributed by atoms with Crippen molar-refractivity contribution in [3.63, 3.8) is 0 Å². The molecule has 2 aliphatic carbocycles. The summed E-state index contributed by atoms with van der Waals surface area (Å²) in [5, 5.41) is 14.9. The van der Waals surface area contributed by atoms with Crippen LogP contribution in [-0.4, -0.2) is 29.2 Å². The van der Waals surface area contributed by atoms with Crippen molar-refractivity contribution in [2.75, 3.05) is 6.54 Å². The molecule has 2 amide bonds. The first kappa shape index (κ1) is 14.2. The van der Waals surface area contributed by atoms with Gasteiger partial charge in [0.15, 0.2) is 0 Å². The number of hydrogen-bond acceptors (Lipinski definition) is 2. The standard InChI is InChI=1S/C14H24N2O3/c1-13(7-8-13)10-15-12(19)16-14(9-11(17)18)5-3-2-4-6-14/h2-10H2,1H3,(H,17,18)(H2,15,16,19). The highest BCUT2D eigenvalue weighted by molar-refractivity contribution is 5.76. The molecule has 0 saturated heterocycles. The maximum Gasteiger partial charge on any atom is 0.315 e. The number of carbonyl (C=O) groups is 2.